The largest absolute Gasteiger partial charge is 0.507 e. The van der Waals surface area contributed by atoms with Gasteiger partial charge in [0.1, 0.15) is 5.75 Å². The smallest absolute Gasteiger partial charge is 0.416 e. The van der Waals surface area contributed by atoms with Crippen LogP contribution in [0.15, 0.2) is 52.0 Å². The number of aromatic hydroxyl groups is 1. The van der Waals surface area contributed by atoms with Crippen LogP contribution in [0, 0.1) is 0 Å². The second kappa shape index (κ2) is 8.00. The molecule has 10 heteroatoms. The first kappa shape index (κ1) is 19.4. The van der Waals surface area contributed by atoms with E-state index in [4.69, 9.17) is 0 Å². The monoisotopic (exact) mass is 429 g/mol. The number of nitrogens with one attached hydrogen (secondary N) is 2. The minimum Gasteiger partial charge on any atom is -0.507 e. The van der Waals surface area contributed by atoms with Crippen LogP contribution in [0.25, 0.3) is 0 Å². The molecule has 0 radical (unpaired) electrons. The molecule has 0 aliphatic heterocycles. The maximum Gasteiger partial charge on any atom is 0.416 e. The number of hydrogen-bond acceptors (Lipinski definition) is 4. The topological polar surface area (TPSA) is 90.8 Å². The van der Waals surface area contributed by atoms with Gasteiger partial charge in [0.15, 0.2) is 0 Å². The number of alkyl halides is 3. The Labute approximate surface area is 153 Å². The van der Waals surface area contributed by atoms with E-state index >= 15 is 0 Å². The molecule has 2 aromatic carbocycles. The number of phenols is 1. The summed E-state index contributed by atoms with van der Waals surface area (Å²) in [5, 5.41) is 15.2. The zero-order chi connectivity index (χ0) is 19.3. The number of carbonyl (C=O) groups is 2. The van der Waals surface area contributed by atoms with Crippen LogP contribution in [0.3, 0.4) is 0 Å². The zero-order valence-electron chi connectivity index (χ0n) is 12.8. The normalized spacial score (nSPS) is 11.4. The SMILES string of the molecule is O=C(N/N=C\c1cc(Br)ccc1O)C(=O)Nc1cccc(C(F)(F)F)c1. The van der Waals surface area contributed by atoms with E-state index in [2.05, 4.69) is 21.0 Å². The fraction of sp³-hybridized carbons (Fsp3) is 0.0625. The van der Waals surface area contributed by atoms with Crippen molar-refractivity contribution in [3.05, 3.63) is 58.1 Å². The third kappa shape index (κ3) is 5.31. The Hall–Kier alpha value is -2.88. The first-order valence-corrected chi connectivity index (χ1v) is 7.76. The van der Waals surface area contributed by atoms with Gasteiger partial charge >= 0.3 is 18.0 Å². The van der Waals surface area contributed by atoms with Crippen molar-refractivity contribution in [2.24, 2.45) is 5.10 Å². The van der Waals surface area contributed by atoms with Gasteiger partial charge in [-0.2, -0.15) is 18.3 Å². The molecule has 136 valence electrons. The molecule has 0 bridgehead atoms. The van der Waals surface area contributed by atoms with Gasteiger partial charge in [-0.3, -0.25) is 9.59 Å². The summed E-state index contributed by atoms with van der Waals surface area (Å²) in [5.41, 5.74) is 1.04. The minimum absolute atomic E-state index is 0.0976. The molecule has 0 saturated carbocycles. The van der Waals surface area contributed by atoms with Crippen molar-refractivity contribution in [1.29, 1.82) is 0 Å². The molecule has 26 heavy (non-hydrogen) atoms. The predicted octanol–water partition coefficient (Wildman–Crippen LogP) is 3.26. The molecule has 6 nitrogen and oxygen atoms in total. The van der Waals surface area contributed by atoms with Crippen molar-refractivity contribution in [2.45, 2.75) is 6.18 Å². The van der Waals surface area contributed by atoms with Crippen LogP contribution in [0.4, 0.5) is 18.9 Å². The van der Waals surface area contributed by atoms with Gasteiger partial charge in [0.25, 0.3) is 0 Å². The highest BCUT2D eigenvalue weighted by Crippen LogP contribution is 2.30. The van der Waals surface area contributed by atoms with Crippen molar-refractivity contribution in [2.75, 3.05) is 5.32 Å². The van der Waals surface area contributed by atoms with Crippen molar-refractivity contribution >= 4 is 39.6 Å². The van der Waals surface area contributed by atoms with E-state index in [9.17, 15) is 27.9 Å². The maximum atomic E-state index is 12.6. The first-order chi connectivity index (χ1) is 12.2. The van der Waals surface area contributed by atoms with E-state index in [1.807, 2.05) is 10.7 Å². The van der Waals surface area contributed by atoms with E-state index < -0.39 is 23.6 Å². The third-order valence-electron chi connectivity index (χ3n) is 3.01. The summed E-state index contributed by atoms with van der Waals surface area (Å²) >= 11 is 3.19. The van der Waals surface area contributed by atoms with Crippen LogP contribution in [0.1, 0.15) is 11.1 Å². The van der Waals surface area contributed by atoms with Gasteiger partial charge in [0.05, 0.1) is 11.8 Å². The van der Waals surface area contributed by atoms with Crippen molar-refractivity contribution in [3.8, 4) is 5.75 Å². The number of amides is 2. The number of hydrogen-bond donors (Lipinski definition) is 3. The summed E-state index contributed by atoms with van der Waals surface area (Å²) in [4.78, 5) is 23.3. The summed E-state index contributed by atoms with van der Waals surface area (Å²) in [6.45, 7) is 0. The van der Waals surface area contributed by atoms with Gasteiger partial charge in [-0.25, -0.2) is 5.43 Å². The van der Waals surface area contributed by atoms with Crippen molar-refractivity contribution < 1.29 is 27.9 Å². The fourth-order valence-electron chi connectivity index (χ4n) is 1.80. The van der Waals surface area contributed by atoms with Gasteiger partial charge in [-0.05, 0) is 36.4 Å². The summed E-state index contributed by atoms with van der Waals surface area (Å²) in [6.07, 6.45) is -3.46. The number of phenolic OH excluding ortho intramolecular Hbond substituents is 1. The number of benzene rings is 2. The molecule has 0 atom stereocenters. The van der Waals surface area contributed by atoms with Gasteiger partial charge < -0.3 is 10.4 Å². The Morgan fingerprint density at radius 2 is 1.85 bits per heavy atom. The Kier molecular flexibility index (Phi) is 5.98. The molecule has 0 heterocycles. The Bertz CT molecular complexity index is 869. The molecule has 2 rings (SSSR count). The van der Waals surface area contributed by atoms with E-state index in [1.54, 1.807) is 6.07 Å². The van der Waals surface area contributed by atoms with Crippen LogP contribution in [0.5, 0.6) is 5.75 Å². The molecular formula is C16H11BrF3N3O3. The van der Waals surface area contributed by atoms with Crippen LogP contribution in [-0.4, -0.2) is 23.1 Å². The van der Waals surface area contributed by atoms with Crippen LogP contribution < -0.4 is 10.7 Å². The van der Waals surface area contributed by atoms with Crippen LogP contribution in [0.2, 0.25) is 0 Å². The summed E-state index contributed by atoms with van der Waals surface area (Å²) < 4.78 is 38.5. The first-order valence-electron chi connectivity index (χ1n) is 6.97. The predicted molar refractivity (Wildman–Crippen MR) is 91.6 cm³/mol. The van der Waals surface area contributed by atoms with E-state index in [1.165, 1.54) is 18.2 Å². The van der Waals surface area contributed by atoms with Crippen molar-refractivity contribution in [1.82, 2.24) is 5.43 Å². The van der Waals surface area contributed by atoms with Gasteiger partial charge in [-0.1, -0.05) is 22.0 Å². The molecule has 0 unspecified atom stereocenters. The number of rotatable bonds is 3. The highest BCUT2D eigenvalue weighted by Gasteiger charge is 2.30. The number of carbonyl (C=O) groups excluding carboxylic acids is 2. The lowest BCUT2D eigenvalue weighted by Gasteiger charge is -2.09. The van der Waals surface area contributed by atoms with Gasteiger partial charge in [0.2, 0.25) is 0 Å². The average molecular weight is 430 g/mol. The third-order valence-corrected chi connectivity index (χ3v) is 3.51. The van der Waals surface area contributed by atoms with E-state index in [0.29, 0.717) is 10.5 Å². The Morgan fingerprint density at radius 3 is 2.54 bits per heavy atom. The lowest BCUT2D eigenvalue weighted by molar-refractivity contribution is -0.137. The molecule has 0 spiro atoms. The lowest BCUT2D eigenvalue weighted by atomic mass is 10.2. The quantitative estimate of drug-likeness (QED) is 0.397. The number of anilines is 1. The standard InChI is InChI=1S/C16H11BrF3N3O3/c17-11-4-5-13(24)9(6-11)8-21-23-15(26)14(25)22-12-3-1-2-10(7-12)16(18,19)20/h1-8,24H,(H,22,25)(H,23,26)/b21-8-. The zero-order valence-corrected chi connectivity index (χ0v) is 14.4. The Balaban J connectivity index is 1.99. The van der Waals surface area contributed by atoms with Crippen LogP contribution >= 0.6 is 15.9 Å². The highest BCUT2D eigenvalue weighted by molar-refractivity contribution is 9.10. The van der Waals surface area contributed by atoms with E-state index in [-0.39, 0.29) is 17.0 Å². The fourth-order valence-corrected chi connectivity index (χ4v) is 2.18. The average Bonchev–Trinajstić information content (AvgIpc) is 2.57. The summed E-state index contributed by atoms with van der Waals surface area (Å²) in [5.74, 6) is -2.48. The van der Waals surface area contributed by atoms with Gasteiger partial charge in [0, 0.05) is 15.7 Å². The van der Waals surface area contributed by atoms with Crippen LogP contribution in [-0.2, 0) is 15.8 Å². The molecule has 0 fully saturated rings. The van der Waals surface area contributed by atoms with E-state index in [0.717, 1.165) is 18.3 Å². The molecule has 0 saturated heterocycles. The minimum atomic E-state index is -4.57. The lowest BCUT2D eigenvalue weighted by Crippen LogP contribution is -2.32. The number of hydrazone groups is 1. The van der Waals surface area contributed by atoms with Gasteiger partial charge in [-0.15, -0.1) is 0 Å². The molecule has 2 amide bonds. The highest BCUT2D eigenvalue weighted by atomic mass is 79.9. The molecule has 0 aromatic heterocycles. The summed E-state index contributed by atoms with van der Waals surface area (Å²) in [7, 11) is 0. The molecule has 0 aliphatic carbocycles. The maximum absolute atomic E-state index is 12.6. The molecule has 2 aromatic rings. The van der Waals surface area contributed by atoms with Crippen molar-refractivity contribution in [3.63, 3.8) is 0 Å². The summed E-state index contributed by atoms with van der Waals surface area (Å²) in [6, 6.07) is 8.36. The second-order valence-corrected chi connectivity index (χ2v) is 5.85. The number of nitrogens with zero attached hydrogens (tertiary/aromatic N) is 1. The molecular weight excluding hydrogens is 419 g/mol. The number of halogens is 4. The molecule has 0 aliphatic rings. The molecule has 3 N–H and O–H groups in total. The second-order valence-electron chi connectivity index (χ2n) is 4.93. The Morgan fingerprint density at radius 1 is 1.12 bits per heavy atom.